The van der Waals surface area contributed by atoms with E-state index < -0.39 is 30.8 Å². The van der Waals surface area contributed by atoms with E-state index in [1.54, 1.807) is 31.3 Å². The molecule has 1 N–H and O–H groups in total. The second kappa shape index (κ2) is 7.58. The van der Waals surface area contributed by atoms with Crippen molar-refractivity contribution in [3.05, 3.63) is 41.7 Å². The summed E-state index contributed by atoms with van der Waals surface area (Å²) >= 11 is 0. The van der Waals surface area contributed by atoms with E-state index in [0.717, 1.165) is 18.7 Å². The first-order valence-corrected chi connectivity index (χ1v) is 9.61. The number of hydrogen-bond donors (Lipinski definition) is 1. The lowest BCUT2D eigenvalue weighted by Crippen LogP contribution is -2.48. The number of fused-ring (bicyclic) bond motifs is 4. The van der Waals surface area contributed by atoms with Crippen LogP contribution in [0.2, 0.25) is 0 Å². The van der Waals surface area contributed by atoms with E-state index in [4.69, 9.17) is 0 Å². The molecule has 10 heteroatoms. The third kappa shape index (κ3) is 3.94. The van der Waals surface area contributed by atoms with Crippen LogP contribution >= 0.6 is 0 Å². The number of amides is 2. The minimum atomic E-state index is -4.42. The number of hydrogen-bond acceptors (Lipinski definition) is 5. The van der Waals surface area contributed by atoms with Crippen LogP contribution in [0.25, 0.3) is 0 Å². The summed E-state index contributed by atoms with van der Waals surface area (Å²) in [6.45, 7) is 3.13. The number of nitrogens with zero attached hydrogens (tertiary/aromatic N) is 4. The van der Waals surface area contributed by atoms with Crippen molar-refractivity contribution in [2.24, 2.45) is 0 Å². The van der Waals surface area contributed by atoms with Gasteiger partial charge in [-0.2, -0.15) is 13.2 Å². The van der Waals surface area contributed by atoms with Gasteiger partial charge in [-0.3, -0.25) is 15.0 Å². The van der Waals surface area contributed by atoms with Crippen LogP contribution in [0.3, 0.4) is 0 Å². The van der Waals surface area contributed by atoms with E-state index in [9.17, 15) is 22.8 Å². The van der Waals surface area contributed by atoms with E-state index in [1.807, 2.05) is 0 Å². The smallest absolute Gasteiger partial charge is 0.366 e. The number of aromatic nitrogens is 2. The number of rotatable bonds is 4. The van der Waals surface area contributed by atoms with Gasteiger partial charge in [0, 0.05) is 25.7 Å². The maximum atomic E-state index is 13.1. The Hall–Kier alpha value is -3.17. The lowest BCUT2D eigenvalue weighted by molar-refractivity contribution is -0.133. The molecule has 2 aliphatic rings. The fraction of sp³-hybridized carbons (Fsp3) is 0.400. The molecule has 2 aromatic rings. The quantitative estimate of drug-likeness (QED) is 0.760. The SMILES string of the molecule is Cc1cc(C(=O)CCC(F)(F)F)nc2c1N1CC[C@@H](C1)N2C(=O)Nc1ccccn1. The average Bonchev–Trinajstić information content (AvgIpc) is 3.09. The molecule has 4 rings (SSSR count). The first kappa shape index (κ1) is 20.1. The molecule has 2 amide bonds. The van der Waals surface area contributed by atoms with Gasteiger partial charge in [-0.05, 0) is 37.1 Å². The molecule has 4 heterocycles. The highest BCUT2D eigenvalue weighted by atomic mass is 19.4. The highest BCUT2D eigenvalue weighted by Gasteiger charge is 2.41. The molecule has 1 atom stereocenters. The maximum Gasteiger partial charge on any atom is 0.389 e. The van der Waals surface area contributed by atoms with E-state index in [1.165, 1.54) is 11.0 Å². The highest BCUT2D eigenvalue weighted by Crippen LogP contribution is 2.41. The number of alkyl halides is 3. The number of urea groups is 1. The number of carbonyl (C=O) groups is 2. The van der Waals surface area contributed by atoms with Crippen LogP contribution in [-0.2, 0) is 0 Å². The van der Waals surface area contributed by atoms with Gasteiger partial charge in [-0.25, -0.2) is 14.8 Å². The molecule has 0 aromatic carbocycles. The van der Waals surface area contributed by atoms with Crippen molar-refractivity contribution in [2.45, 2.75) is 38.4 Å². The standard InChI is InChI=1S/C20H20F3N5O2/c1-12-10-14(15(29)5-7-20(21,22)23)25-18-17(12)27-9-6-13(11-27)28(18)19(30)26-16-4-2-3-8-24-16/h2-4,8,10,13H,5-7,9,11H2,1H3,(H,24,26,30)/t13-/m0/s1. The monoisotopic (exact) mass is 419 g/mol. The number of carbonyl (C=O) groups excluding carboxylic acids is 2. The van der Waals surface area contributed by atoms with Crippen LogP contribution in [0.15, 0.2) is 30.5 Å². The van der Waals surface area contributed by atoms with Crippen molar-refractivity contribution < 1.29 is 22.8 Å². The van der Waals surface area contributed by atoms with E-state index in [2.05, 4.69) is 20.2 Å². The molecule has 158 valence electrons. The second-order valence-electron chi connectivity index (χ2n) is 7.44. The van der Waals surface area contributed by atoms with Gasteiger partial charge in [0.1, 0.15) is 11.5 Å². The number of ketones is 1. The van der Waals surface area contributed by atoms with Crippen LogP contribution in [0.5, 0.6) is 0 Å². The van der Waals surface area contributed by atoms with Gasteiger partial charge < -0.3 is 4.90 Å². The van der Waals surface area contributed by atoms with Crippen molar-refractivity contribution in [2.75, 3.05) is 28.2 Å². The third-order valence-corrected chi connectivity index (χ3v) is 5.28. The fourth-order valence-electron chi connectivity index (χ4n) is 3.93. The molecule has 0 unspecified atom stereocenters. The normalized spacial score (nSPS) is 17.7. The molecule has 7 nitrogen and oxygen atoms in total. The van der Waals surface area contributed by atoms with Gasteiger partial charge in [0.25, 0.3) is 0 Å². The molecule has 0 aliphatic carbocycles. The Kier molecular flexibility index (Phi) is 5.08. The summed E-state index contributed by atoms with van der Waals surface area (Å²) < 4.78 is 37.6. The number of Topliss-reactive ketones (excluding diaryl/α,β-unsaturated/α-hetero) is 1. The van der Waals surface area contributed by atoms with Gasteiger partial charge in [0.15, 0.2) is 11.6 Å². The van der Waals surface area contributed by atoms with Crippen LogP contribution in [0.1, 0.15) is 35.3 Å². The van der Waals surface area contributed by atoms with E-state index in [0.29, 0.717) is 23.7 Å². The largest absolute Gasteiger partial charge is 0.389 e. The Morgan fingerprint density at radius 2 is 2.10 bits per heavy atom. The van der Waals surface area contributed by atoms with Crippen molar-refractivity contribution >= 4 is 29.1 Å². The lowest BCUT2D eigenvalue weighted by Gasteiger charge is -2.36. The Bertz CT molecular complexity index is 980. The van der Waals surface area contributed by atoms with Crippen LogP contribution in [0, 0.1) is 6.92 Å². The number of anilines is 3. The van der Waals surface area contributed by atoms with Crippen molar-refractivity contribution in [1.29, 1.82) is 0 Å². The van der Waals surface area contributed by atoms with Crippen molar-refractivity contribution in [3.63, 3.8) is 0 Å². The molecule has 2 aliphatic heterocycles. The molecule has 0 spiro atoms. The number of pyridine rings is 2. The van der Waals surface area contributed by atoms with Crippen LogP contribution in [-0.4, -0.2) is 47.1 Å². The van der Waals surface area contributed by atoms with E-state index >= 15 is 0 Å². The summed E-state index contributed by atoms with van der Waals surface area (Å²) in [5.41, 5.74) is 1.37. The number of nitrogens with one attached hydrogen (secondary N) is 1. The van der Waals surface area contributed by atoms with Gasteiger partial charge in [0.2, 0.25) is 0 Å². The molecule has 1 fully saturated rings. The molecule has 2 bridgehead atoms. The molecule has 0 radical (unpaired) electrons. The van der Waals surface area contributed by atoms with Gasteiger partial charge in [0.05, 0.1) is 18.2 Å². The zero-order valence-corrected chi connectivity index (χ0v) is 16.2. The first-order valence-electron chi connectivity index (χ1n) is 9.61. The first-order chi connectivity index (χ1) is 14.2. The summed E-state index contributed by atoms with van der Waals surface area (Å²) in [5.74, 6) is -0.0256. The average molecular weight is 419 g/mol. The molecular weight excluding hydrogens is 399 g/mol. The Labute approximate surface area is 170 Å². The summed E-state index contributed by atoms with van der Waals surface area (Å²) in [6.07, 6.45) is -4.03. The summed E-state index contributed by atoms with van der Waals surface area (Å²) in [5, 5.41) is 2.73. The molecule has 30 heavy (non-hydrogen) atoms. The van der Waals surface area contributed by atoms with Crippen LogP contribution in [0.4, 0.5) is 35.3 Å². The Morgan fingerprint density at radius 3 is 2.80 bits per heavy atom. The minimum Gasteiger partial charge on any atom is -0.366 e. The summed E-state index contributed by atoms with van der Waals surface area (Å²) in [6, 6.07) is 6.04. The molecule has 0 saturated carbocycles. The van der Waals surface area contributed by atoms with E-state index in [-0.39, 0.29) is 11.7 Å². The highest BCUT2D eigenvalue weighted by molar-refractivity contribution is 6.05. The maximum absolute atomic E-state index is 13.1. The molecule has 2 aromatic heterocycles. The van der Waals surface area contributed by atoms with Gasteiger partial charge in [-0.1, -0.05) is 6.07 Å². The topological polar surface area (TPSA) is 78.4 Å². The van der Waals surface area contributed by atoms with Crippen molar-refractivity contribution in [3.8, 4) is 0 Å². The zero-order chi connectivity index (χ0) is 21.5. The Morgan fingerprint density at radius 1 is 1.30 bits per heavy atom. The third-order valence-electron chi connectivity index (χ3n) is 5.28. The molecule has 1 saturated heterocycles. The minimum absolute atomic E-state index is 0.0614. The van der Waals surface area contributed by atoms with Gasteiger partial charge in [-0.15, -0.1) is 0 Å². The number of halogens is 3. The predicted octanol–water partition coefficient (Wildman–Crippen LogP) is 3.94. The Balaban J connectivity index is 1.67. The summed E-state index contributed by atoms with van der Waals surface area (Å²) in [4.78, 5) is 37.5. The fourth-order valence-corrected chi connectivity index (χ4v) is 3.93. The number of aryl methyl sites for hydroxylation is 1. The molecular formula is C20H20F3N5O2. The summed E-state index contributed by atoms with van der Waals surface area (Å²) in [7, 11) is 0. The predicted molar refractivity (Wildman–Crippen MR) is 105 cm³/mol. The van der Waals surface area contributed by atoms with Crippen LogP contribution < -0.4 is 15.1 Å². The lowest BCUT2D eigenvalue weighted by atomic mass is 10.1. The zero-order valence-electron chi connectivity index (χ0n) is 16.2. The van der Waals surface area contributed by atoms with Crippen molar-refractivity contribution in [1.82, 2.24) is 9.97 Å². The second-order valence-corrected chi connectivity index (χ2v) is 7.44. The van der Waals surface area contributed by atoms with Gasteiger partial charge >= 0.3 is 12.2 Å².